The minimum Gasteiger partial charge on any atom is -0.497 e. The van der Waals surface area contributed by atoms with Gasteiger partial charge in [0.2, 0.25) is 5.91 Å². The molecule has 34 heavy (non-hydrogen) atoms. The molecule has 0 aliphatic heterocycles. The van der Waals surface area contributed by atoms with Crippen molar-refractivity contribution >= 4 is 39.3 Å². The molecule has 0 fully saturated rings. The number of carbonyl (C=O) groups is 1. The lowest BCUT2D eigenvalue weighted by Crippen LogP contribution is -2.11. The number of hydrogen-bond acceptors (Lipinski definition) is 3. The Morgan fingerprint density at radius 3 is 2.44 bits per heavy atom. The van der Waals surface area contributed by atoms with Crippen LogP contribution in [0.4, 0.5) is 0 Å². The smallest absolute Gasteiger partial charge is 0.249 e. The molecule has 1 amide bonds. The molecule has 0 aliphatic carbocycles. The van der Waals surface area contributed by atoms with Gasteiger partial charge in [0, 0.05) is 22.9 Å². The number of nitrogens with zero attached hydrogens (tertiary/aromatic N) is 1. The SMILES string of the molecule is COc1ccc(-c2c[c]c3c4c(C(N)=O)cccc4n(Cc4ccc(OC)c(Cl)c4)c3c2)cc1. The summed E-state index contributed by atoms with van der Waals surface area (Å²) in [5, 5.41) is 2.19. The van der Waals surface area contributed by atoms with Crippen LogP contribution in [-0.2, 0) is 6.54 Å². The topological polar surface area (TPSA) is 66.5 Å². The number of hydrogen-bond donors (Lipinski definition) is 1. The lowest BCUT2D eigenvalue weighted by Gasteiger charge is -2.11. The zero-order chi connectivity index (χ0) is 23.8. The second-order valence-electron chi connectivity index (χ2n) is 8.00. The molecule has 0 saturated heterocycles. The number of ether oxygens (including phenoxy) is 2. The van der Waals surface area contributed by atoms with Gasteiger partial charge in [0.15, 0.2) is 0 Å². The molecular weight excluding hydrogens is 448 g/mol. The van der Waals surface area contributed by atoms with Crippen molar-refractivity contribution in [1.29, 1.82) is 0 Å². The molecule has 1 heterocycles. The van der Waals surface area contributed by atoms with E-state index in [2.05, 4.69) is 16.7 Å². The molecule has 0 aliphatic rings. The summed E-state index contributed by atoms with van der Waals surface area (Å²) in [7, 11) is 3.24. The van der Waals surface area contributed by atoms with E-state index in [0.29, 0.717) is 22.9 Å². The van der Waals surface area contributed by atoms with Crippen LogP contribution in [0, 0.1) is 6.07 Å². The number of primary amides is 1. The molecule has 0 spiro atoms. The summed E-state index contributed by atoms with van der Waals surface area (Å²) >= 11 is 6.39. The normalized spacial score (nSPS) is 11.1. The lowest BCUT2D eigenvalue weighted by molar-refractivity contribution is 0.100. The maximum atomic E-state index is 12.2. The van der Waals surface area contributed by atoms with Gasteiger partial charge in [-0.1, -0.05) is 35.9 Å². The van der Waals surface area contributed by atoms with Crippen molar-refractivity contribution in [3.8, 4) is 22.6 Å². The van der Waals surface area contributed by atoms with Crippen molar-refractivity contribution in [2.75, 3.05) is 14.2 Å². The first-order valence-electron chi connectivity index (χ1n) is 10.7. The maximum Gasteiger partial charge on any atom is 0.249 e. The molecule has 4 aromatic carbocycles. The number of fused-ring (bicyclic) bond motifs is 3. The molecule has 0 bridgehead atoms. The van der Waals surface area contributed by atoms with Gasteiger partial charge in [-0.05, 0) is 71.3 Å². The van der Waals surface area contributed by atoms with Gasteiger partial charge in [-0.15, -0.1) is 0 Å². The number of carbonyl (C=O) groups excluding carboxylic acids is 1. The Hall–Kier alpha value is -3.96. The van der Waals surface area contributed by atoms with Crippen molar-refractivity contribution in [3.05, 3.63) is 95.0 Å². The van der Waals surface area contributed by atoms with E-state index in [1.165, 1.54) is 0 Å². The van der Waals surface area contributed by atoms with Crippen molar-refractivity contribution in [2.24, 2.45) is 5.73 Å². The first kappa shape index (κ1) is 21.9. The number of aromatic nitrogens is 1. The summed E-state index contributed by atoms with van der Waals surface area (Å²) in [5.74, 6) is 0.953. The van der Waals surface area contributed by atoms with Crippen LogP contribution in [0.2, 0.25) is 5.02 Å². The summed E-state index contributed by atoms with van der Waals surface area (Å²) in [6.45, 7) is 0.547. The van der Waals surface area contributed by atoms with Crippen LogP contribution in [0.25, 0.3) is 32.9 Å². The molecule has 1 aromatic heterocycles. The molecule has 1 radical (unpaired) electrons. The van der Waals surface area contributed by atoms with Crippen molar-refractivity contribution in [2.45, 2.75) is 6.54 Å². The van der Waals surface area contributed by atoms with Gasteiger partial charge in [-0.2, -0.15) is 0 Å². The third kappa shape index (κ3) is 3.74. The summed E-state index contributed by atoms with van der Waals surface area (Å²) < 4.78 is 12.7. The molecule has 5 nitrogen and oxygen atoms in total. The van der Waals surface area contributed by atoms with Gasteiger partial charge >= 0.3 is 0 Å². The van der Waals surface area contributed by atoms with Crippen LogP contribution in [0.5, 0.6) is 11.5 Å². The molecule has 5 aromatic rings. The van der Waals surface area contributed by atoms with Crippen LogP contribution >= 0.6 is 11.6 Å². The summed E-state index contributed by atoms with van der Waals surface area (Å²) in [6, 6.07) is 26.7. The molecule has 2 N–H and O–H groups in total. The Labute approximate surface area is 202 Å². The van der Waals surface area contributed by atoms with Crippen LogP contribution in [0.15, 0.2) is 72.8 Å². The molecule has 0 saturated carbocycles. The number of benzene rings is 4. The highest BCUT2D eigenvalue weighted by Gasteiger charge is 2.18. The number of rotatable bonds is 6. The summed E-state index contributed by atoms with van der Waals surface area (Å²) in [6.07, 6.45) is 0. The average molecular weight is 470 g/mol. The Balaban J connectivity index is 1.73. The van der Waals surface area contributed by atoms with Gasteiger partial charge in [-0.25, -0.2) is 0 Å². The average Bonchev–Trinajstić information content (AvgIpc) is 3.17. The van der Waals surface area contributed by atoms with Gasteiger partial charge < -0.3 is 19.8 Å². The van der Waals surface area contributed by atoms with Crippen LogP contribution in [-0.4, -0.2) is 24.7 Å². The highest BCUT2D eigenvalue weighted by molar-refractivity contribution is 6.32. The Morgan fingerprint density at radius 1 is 0.971 bits per heavy atom. The Bertz CT molecular complexity index is 1540. The van der Waals surface area contributed by atoms with E-state index in [-0.39, 0.29) is 0 Å². The highest BCUT2D eigenvalue weighted by Crippen LogP contribution is 2.35. The van der Waals surface area contributed by atoms with Gasteiger partial charge in [-0.3, -0.25) is 4.79 Å². The second-order valence-corrected chi connectivity index (χ2v) is 8.40. The predicted octanol–water partition coefficient (Wildman–Crippen LogP) is 6.08. The Kier molecular flexibility index (Phi) is 5.64. The lowest BCUT2D eigenvalue weighted by atomic mass is 10.0. The minimum absolute atomic E-state index is 0.468. The fraction of sp³-hybridized carbons (Fsp3) is 0.107. The highest BCUT2D eigenvalue weighted by atomic mass is 35.5. The molecule has 5 rings (SSSR count). The van der Waals surface area contributed by atoms with Gasteiger partial charge in [0.25, 0.3) is 0 Å². The minimum atomic E-state index is -0.468. The maximum absolute atomic E-state index is 12.2. The number of nitrogens with two attached hydrogens (primary N) is 1. The van der Waals surface area contributed by atoms with E-state index in [9.17, 15) is 4.79 Å². The molecule has 0 unspecified atom stereocenters. The number of amides is 1. The van der Waals surface area contributed by atoms with Crippen LogP contribution in [0.3, 0.4) is 0 Å². The molecule has 6 heteroatoms. The zero-order valence-corrected chi connectivity index (χ0v) is 19.5. The van der Waals surface area contributed by atoms with Crippen LogP contribution < -0.4 is 15.2 Å². The standard InChI is InChI=1S/C28H22ClN2O3/c1-33-20-10-7-18(8-11-20)19-9-12-21-25(15-19)31(16-17-6-13-26(34-2)23(29)14-17)24-5-3-4-22(27(21)24)28(30)32/h3-11,13-15H,16H2,1-2H3,(H2,30,32). The van der Waals surface area contributed by atoms with Gasteiger partial charge in [0.1, 0.15) is 11.5 Å². The van der Waals surface area contributed by atoms with Crippen molar-refractivity contribution < 1.29 is 14.3 Å². The molecule has 169 valence electrons. The number of methoxy groups -OCH3 is 2. The Morgan fingerprint density at radius 2 is 1.76 bits per heavy atom. The summed E-state index contributed by atoms with van der Waals surface area (Å²) in [4.78, 5) is 12.2. The third-order valence-corrected chi connectivity index (χ3v) is 6.34. The molecular formula is C28H22ClN2O3. The van der Waals surface area contributed by atoms with E-state index in [4.69, 9.17) is 26.8 Å². The van der Waals surface area contributed by atoms with Crippen LogP contribution in [0.1, 0.15) is 15.9 Å². The van der Waals surface area contributed by atoms with E-state index in [1.807, 2.05) is 60.7 Å². The zero-order valence-electron chi connectivity index (χ0n) is 18.8. The third-order valence-electron chi connectivity index (χ3n) is 6.04. The second kappa shape index (κ2) is 8.76. The fourth-order valence-corrected chi connectivity index (χ4v) is 4.65. The summed E-state index contributed by atoms with van der Waals surface area (Å²) in [5.41, 5.74) is 11.1. The first-order valence-corrected chi connectivity index (χ1v) is 11.1. The molecule has 0 atom stereocenters. The quantitative estimate of drug-likeness (QED) is 0.327. The number of halogens is 1. The van der Waals surface area contributed by atoms with Crippen molar-refractivity contribution in [3.63, 3.8) is 0 Å². The van der Waals surface area contributed by atoms with E-state index in [0.717, 1.165) is 44.2 Å². The van der Waals surface area contributed by atoms with Crippen molar-refractivity contribution in [1.82, 2.24) is 4.57 Å². The van der Waals surface area contributed by atoms with Gasteiger partial charge in [0.05, 0.1) is 30.3 Å². The largest absolute Gasteiger partial charge is 0.497 e. The van der Waals surface area contributed by atoms with E-state index in [1.54, 1.807) is 20.3 Å². The monoisotopic (exact) mass is 469 g/mol. The van der Waals surface area contributed by atoms with E-state index >= 15 is 0 Å². The fourth-order valence-electron chi connectivity index (χ4n) is 4.37. The first-order chi connectivity index (χ1) is 16.5. The van der Waals surface area contributed by atoms with E-state index < -0.39 is 5.91 Å². The predicted molar refractivity (Wildman–Crippen MR) is 136 cm³/mol.